The van der Waals surface area contributed by atoms with E-state index in [0.29, 0.717) is 13.1 Å². The molecule has 0 aliphatic carbocycles. The third-order valence-corrected chi connectivity index (χ3v) is 2.82. The Kier molecular flexibility index (Phi) is 4.54. The zero-order chi connectivity index (χ0) is 13.1. The normalized spacial score (nSPS) is 11.6. The summed E-state index contributed by atoms with van der Waals surface area (Å²) in [5.74, 6) is 0. The maximum Gasteiger partial charge on any atom is 0.0765 e. The summed E-state index contributed by atoms with van der Waals surface area (Å²) in [6.45, 7) is 9.84. The lowest BCUT2D eigenvalue weighted by Gasteiger charge is -2.32. The lowest BCUT2D eigenvalue weighted by molar-refractivity contribution is 0.0875. The minimum Gasteiger partial charge on any atom is -0.389 e. The number of rotatable bonds is 5. The maximum absolute atomic E-state index is 9.96. The Hall–Kier alpha value is -1.06. The van der Waals surface area contributed by atoms with E-state index >= 15 is 0 Å². The van der Waals surface area contributed by atoms with E-state index in [1.807, 2.05) is 19.9 Å². The molecule has 3 N–H and O–H groups in total. The molecular weight excluding hydrogens is 212 g/mol. The van der Waals surface area contributed by atoms with Crippen LogP contribution in [0, 0.1) is 6.92 Å². The molecule has 0 saturated heterocycles. The van der Waals surface area contributed by atoms with Crippen LogP contribution < -0.4 is 10.6 Å². The lowest BCUT2D eigenvalue weighted by Crippen LogP contribution is -2.39. The molecule has 17 heavy (non-hydrogen) atoms. The van der Waals surface area contributed by atoms with E-state index in [1.54, 1.807) is 0 Å². The standard InChI is InChI=1S/C14H24N2O/c1-5-16(10-14(3,4)17)13-11(2)7-6-8-12(13)9-15/h6-8,17H,5,9-10,15H2,1-4H3. The van der Waals surface area contributed by atoms with Crippen LogP contribution in [0.1, 0.15) is 31.9 Å². The van der Waals surface area contributed by atoms with Gasteiger partial charge in [-0.2, -0.15) is 0 Å². The summed E-state index contributed by atoms with van der Waals surface area (Å²) in [5, 5.41) is 9.96. The van der Waals surface area contributed by atoms with Gasteiger partial charge in [0.1, 0.15) is 0 Å². The van der Waals surface area contributed by atoms with Crippen molar-refractivity contribution in [2.75, 3.05) is 18.0 Å². The monoisotopic (exact) mass is 236 g/mol. The largest absolute Gasteiger partial charge is 0.389 e. The summed E-state index contributed by atoms with van der Waals surface area (Å²) in [7, 11) is 0. The van der Waals surface area contributed by atoms with Crippen LogP contribution in [0.25, 0.3) is 0 Å². The SMILES string of the molecule is CCN(CC(C)(C)O)c1c(C)cccc1CN. The summed E-state index contributed by atoms with van der Waals surface area (Å²) in [5.41, 5.74) is 8.59. The van der Waals surface area contributed by atoms with E-state index in [1.165, 1.54) is 11.3 Å². The molecule has 0 fully saturated rings. The van der Waals surface area contributed by atoms with Crippen LogP contribution in [0.5, 0.6) is 0 Å². The molecule has 3 heteroatoms. The molecule has 0 unspecified atom stereocenters. The number of aryl methyl sites for hydroxylation is 1. The first-order valence-electron chi connectivity index (χ1n) is 6.15. The zero-order valence-corrected chi connectivity index (χ0v) is 11.3. The number of nitrogens with zero attached hydrogens (tertiary/aromatic N) is 1. The van der Waals surface area contributed by atoms with Crippen molar-refractivity contribution in [3.8, 4) is 0 Å². The van der Waals surface area contributed by atoms with Gasteiger partial charge in [-0.1, -0.05) is 18.2 Å². The number of nitrogens with two attached hydrogens (primary N) is 1. The van der Waals surface area contributed by atoms with Gasteiger partial charge in [0.05, 0.1) is 5.60 Å². The minimum absolute atomic E-state index is 0.527. The summed E-state index contributed by atoms with van der Waals surface area (Å²) in [6.07, 6.45) is 0. The molecule has 1 aromatic carbocycles. The van der Waals surface area contributed by atoms with Crippen LogP contribution in [-0.2, 0) is 6.54 Å². The van der Waals surface area contributed by atoms with E-state index in [2.05, 4.69) is 30.9 Å². The molecule has 0 aliphatic heterocycles. The Morgan fingerprint density at radius 3 is 2.47 bits per heavy atom. The minimum atomic E-state index is -0.704. The zero-order valence-electron chi connectivity index (χ0n) is 11.3. The molecule has 0 saturated carbocycles. The maximum atomic E-state index is 9.96. The number of aliphatic hydroxyl groups is 1. The Labute approximate surface area is 104 Å². The van der Waals surface area contributed by atoms with Crippen molar-refractivity contribution in [2.24, 2.45) is 5.73 Å². The quantitative estimate of drug-likeness (QED) is 0.822. The van der Waals surface area contributed by atoms with E-state index in [-0.39, 0.29) is 0 Å². The number of anilines is 1. The van der Waals surface area contributed by atoms with Gasteiger partial charge < -0.3 is 15.7 Å². The molecule has 1 aromatic rings. The molecule has 1 rings (SSSR count). The molecule has 3 nitrogen and oxygen atoms in total. The Balaban J connectivity index is 3.11. The van der Waals surface area contributed by atoms with Crippen molar-refractivity contribution in [3.05, 3.63) is 29.3 Å². The van der Waals surface area contributed by atoms with Gasteiger partial charge in [-0.3, -0.25) is 0 Å². The van der Waals surface area contributed by atoms with Crippen molar-refractivity contribution in [2.45, 2.75) is 39.8 Å². The highest BCUT2D eigenvalue weighted by molar-refractivity contribution is 5.59. The third-order valence-electron chi connectivity index (χ3n) is 2.82. The molecule has 0 spiro atoms. The smallest absolute Gasteiger partial charge is 0.0765 e. The van der Waals surface area contributed by atoms with Crippen molar-refractivity contribution in [1.82, 2.24) is 0 Å². The first kappa shape index (κ1) is 14.0. The van der Waals surface area contributed by atoms with Crippen LogP contribution in [0.2, 0.25) is 0 Å². The van der Waals surface area contributed by atoms with Gasteiger partial charge >= 0.3 is 0 Å². The van der Waals surface area contributed by atoms with Crippen molar-refractivity contribution < 1.29 is 5.11 Å². The summed E-state index contributed by atoms with van der Waals surface area (Å²) in [6, 6.07) is 6.16. The topological polar surface area (TPSA) is 49.5 Å². The fourth-order valence-electron chi connectivity index (χ4n) is 2.15. The van der Waals surface area contributed by atoms with Crippen LogP contribution in [0.3, 0.4) is 0 Å². The van der Waals surface area contributed by atoms with Gasteiger partial charge in [-0.15, -0.1) is 0 Å². The number of hydrogen-bond acceptors (Lipinski definition) is 3. The molecule has 0 aromatic heterocycles. The second-order valence-electron chi connectivity index (χ2n) is 5.11. The van der Waals surface area contributed by atoms with E-state index in [9.17, 15) is 5.11 Å². The van der Waals surface area contributed by atoms with Crippen LogP contribution >= 0.6 is 0 Å². The number of para-hydroxylation sites is 1. The van der Waals surface area contributed by atoms with Gasteiger partial charge in [-0.25, -0.2) is 0 Å². The summed E-state index contributed by atoms with van der Waals surface area (Å²) in [4.78, 5) is 2.19. The highest BCUT2D eigenvalue weighted by Crippen LogP contribution is 2.26. The highest BCUT2D eigenvalue weighted by Gasteiger charge is 2.20. The predicted octanol–water partition coefficient (Wildman–Crippen LogP) is 2.05. The number of likely N-dealkylation sites (N-methyl/N-ethyl adjacent to an activating group) is 1. The number of hydrogen-bond donors (Lipinski definition) is 2. The summed E-state index contributed by atoms with van der Waals surface area (Å²) < 4.78 is 0. The highest BCUT2D eigenvalue weighted by atomic mass is 16.3. The van der Waals surface area contributed by atoms with Gasteiger partial charge in [0, 0.05) is 25.3 Å². The van der Waals surface area contributed by atoms with E-state index in [0.717, 1.165) is 12.1 Å². The van der Waals surface area contributed by atoms with Gasteiger partial charge in [-0.05, 0) is 38.8 Å². The van der Waals surface area contributed by atoms with Gasteiger partial charge in [0.2, 0.25) is 0 Å². The van der Waals surface area contributed by atoms with Crippen molar-refractivity contribution in [3.63, 3.8) is 0 Å². The van der Waals surface area contributed by atoms with Crippen molar-refractivity contribution in [1.29, 1.82) is 0 Å². The second-order valence-corrected chi connectivity index (χ2v) is 5.11. The van der Waals surface area contributed by atoms with Crippen molar-refractivity contribution >= 4 is 5.69 Å². The molecule has 0 amide bonds. The molecular formula is C14H24N2O. The first-order chi connectivity index (χ1) is 7.89. The fourth-order valence-corrected chi connectivity index (χ4v) is 2.15. The van der Waals surface area contributed by atoms with E-state index < -0.39 is 5.60 Å². The van der Waals surface area contributed by atoms with Crippen LogP contribution in [-0.4, -0.2) is 23.8 Å². The molecule has 0 radical (unpaired) electrons. The average molecular weight is 236 g/mol. The number of benzene rings is 1. The molecule has 96 valence electrons. The summed E-state index contributed by atoms with van der Waals surface area (Å²) >= 11 is 0. The average Bonchev–Trinajstić information content (AvgIpc) is 2.24. The van der Waals surface area contributed by atoms with E-state index in [4.69, 9.17) is 5.73 Å². The van der Waals surface area contributed by atoms with Gasteiger partial charge in [0.15, 0.2) is 0 Å². The molecule has 0 aliphatic rings. The third kappa shape index (κ3) is 3.72. The van der Waals surface area contributed by atoms with Gasteiger partial charge in [0.25, 0.3) is 0 Å². The lowest BCUT2D eigenvalue weighted by atomic mass is 10.0. The molecule has 0 atom stereocenters. The van der Waals surface area contributed by atoms with Crippen LogP contribution in [0.4, 0.5) is 5.69 Å². The Morgan fingerprint density at radius 2 is 2.00 bits per heavy atom. The first-order valence-corrected chi connectivity index (χ1v) is 6.15. The predicted molar refractivity (Wildman–Crippen MR) is 73.3 cm³/mol. The Bertz CT molecular complexity index is 369. The Morgan fingerprint density at radius 1 is 1.35 bits per heavy atom. The molecule has 0 heterocycles. The fraction of sp³-hybridized carbons (Fsp3) is 0.571. The second kappa shape index (κ2) is 5.52. The molecule has 0 bridgehead atoms. The van der Waals surface area contributed by atoms with Crippen LogP contribution in [0.15, 0.2) is 18.2 Å².